The molecular formula is C15H21N3O2. The Labute approximate surface area is 119 Å². The number of aryl methyl sites for hydroxylation is 1. The van der Waals surface area contributed by atoms with Crippen LogP contribution in [0.1, 0.15) is 31.2 Å². The van der Waals surface area contributed by atoms with Gasteiger partial charge >= 0.3 is 0 Å². The zero-order valence-corrected chi connectivity index (χ0v) is 12.1. The summed E-state index contributed by atoms with van der Waals surface area (Å²) >= 11 is 0. The van der Waals surface area contributed by atoms with Gasteiger partial charge in [-0.05, 0) is 31.4 Å². The molecule has 1 aromatic heterocycles. The lowest BCUT2D eigenvalue weighted by Crippen LogP contribution is -2.38. The van der Waals surface area contributed by atoms with Crippen molar-refractivity contribution in [1.29, 1.82) is 0 Å². The zero-order chi connectivity index (χ0) is 14.5. The van der Waals surface area contributed by atoms with Crippen LogP contribution in [0.4, 0.5) is 5.82 Å². The molecule has 0 aromatic carbocycles. The third-order valence-electron chi connectivity index (χ3n) is 3.64. The van der Waals surface area contributed by atoms with Gasteiger partial charge in [0.2, 0.25) is 11.8 Å². The Morgan fingerprint density at radius 2 is 2.05 bits per heavy atom. The molecule has 0 unspecified atom stereocenters. The topological polar surface area (TPSA) is 62.3 Å². The molecule has 5 heteroatoms. The molecule has 0 spiro atoms. The zero-order valence-electron chi connectivity index (χ0n) is 12.1. The van der Waals surface area contributed by atoms with E-state index < -0.39 is 0 Å². The Morgan fingerprint density at radius 1 is 1.35 bits per heavy atom. The number of hydrogen-bond donors (Lipinski definition) is 1. The van der Waals surface area contributed by atoms with Gasteiger partial charge in [0.15, 0.2) is 0 Å². The van der Waals surface area contributed by atoms with Gasteiger partial charge in [-0.2, -0.15) is 0 Å². The molecule has 1 fully saturated rings. The molecule has 1 N–H and O–H groups in total. The van der Waals surface area contributed by atoms with E-state index in [1.807, 2.05) is 13.0 Å². The maximum absolute atomic E-state index is 12.1. The molecule has 2 amide bonds. The van der Waals surface area contributed by atoms with Crippen molar-refractivity contribution in [3.63, 3.8) is 0 Å². The van der Waals surface area contributed by atoms with Crippen LogP contribution >= 0.6 is 0 Å². The van der Waals surface area contributed by atoms with Crippen molar-refractivity contribution >= 4 is 17.6 Å². The summed E-state index contributed by atoms with van der Waals surface area (Å²) in [6, 6.07) is 3.64. The van der Waals surface area contributed by atoms with Crippen LogP contribution in [0.5, 0.6) is 0 Å². The highest BCUT2D eigenvalue weighted by molar-refractivity contribution is 5.94. The third-order valence-corrected chi connectivity index (χ3v) is 3.64. The Kier molecular flexibility index (Phi) is 4.71. The van der Waals surface area contributed by atoms with E-state index in [1.165, 1.54) is 4.90 Å². The molecule has 1 aliphatic rings. The number of nitrogens with one attached hydrogen (secondary N) is 1. The van der Waals surface area contributed by atoms with Gasteiger partial charge in [0, 0.05) is 19.2 Å². The van der Waals surface area contributed by atoms with Crippen LogP contribution in [-0.2, 0) is 9.59 Å². The molecule has 2 rings (SSSR count). The summed E-state index contributed by atoms with van der Waals surface area (Å²) in [5.41, 5.74) is 1.04. The van der Waals surface area contributed by atoms with Crippen LogP contribution in [0.15, 0.2) is 18.3 Å². The highest BCUT2D eigenvalue weighted by Gasteiger charge is 2.26. The summed E-state index contributed by atoms with van der Waals surface area (Å²) in [6.45, 7) is 2.01. The molecule has 5 nitrogen and oxygen atoms in total. The van der Waals surface area contributed by atoms with E-state index in [4.69, 9.17) is 0 Å². The summed E-state index contributed by atoms with van der Waals surface area (Å²) in [5.74, 6) is 0.484. The van der Waals surface area contributed by atoms with Crippen molar-refractivity contribution in [3.05, 3.63) is 23.9 Å². The summed E-state index contributed by atoms with van der Waals surface area (Å²) in [6.07, 6.45) is 5.82. The lowest BCUT2D eigenvalue weighted by molar-refractivity contribution is -0.136. The van der Waals surface area contributed by atoms with Crippen LogP contribution in [-0.4, -0.2) is 35.3 Å². The van der Waals surface area contributed by atoms with E-state index in [2.05, 4.69) is 10.3 Å². The minimum absolute atomic E-state index is 0.0743. The van der Waals surface area contributed by atoms with E-state index in [0.29, 0.717) is 5.82 Å². The highest BCUT2D eigenvalue weighted by atomic mass is 16.2. The summed E-state index contributed by atoms with van der Waals surface area (Å²) < 4.78 is 0. The lowest BCUT2D eigenvalue weighted by atomic mass is 10.1. The standard InChI is InChI=1S/C15H21N3O2/c1-11-7-8-13(16-9-11)17-14(19)10-18(2)15(20)12-5-3-4-6-12/h7-9,12H,3-6,10H2,1-2H3,(H,16,17,19). The van der Waals surface area contributed by atoms with Crippen LogP contribution in [0.2, 0.25) is 0 Å². The molecule has 0 bridgehead atoms. The first-order valence-electron chi connectivity index (χ1n) is 7.04. The number of nitrogens with zero attached hydrogens (tertiary/aromatic N) is 2. The van der Waals surface area contributed by atoms with Crippen LogP contribution < -0.4 is 5.32 Å². The van der Waals surface area contributed by atoms with Gasteiger partial charge in [0.1, 0.15) is 5.82 Å². The number of carbonyl (C=O) groups is 2. The first kappa shape index (κ1) is 14.5. The van der Waals surface area contributed by atoms with Gasteiger partial charge in [-0.3, -0.25) is 9.59 Å². The molecule has 0 radical (unpaired) electrons. The number of anilines is 1. The van der Waals surface area contributed by atoms with Crippen LogP contribution in [0.25, 0.3) is 0 Å². The summed E-state index contributed by atoms with van der Waals surface area (Å²) in [7, 11) is 1.68. The molecule has 20 heavy (non-hydrogen) atoms. The molecule has 1 saturated carbocycles. The third kappa shape index (κ3) is 3.79. The van der Waals surface area contributed by atoms with Crippen molar-refractivity contribution in [1.82, 2.24) is 9.88 Å². The number of hydrogen-bond acceptors (Lipinski definition) is 3. The molecule has 1 heterocycles. The van der Waals surface area contributed by atoms with E-state index in [1.54, 1.807) is 19.3 Å². The number of pyridine rings is 1. The monoisotopic (exact) mass is 275 g/mol. The quantitative estimate of drug-likeness (QED) is 0.914. The fraction of sp³-hybridized carbons (Fsp3) is 0.533. The predicted molar refractivity (Wildman–Crippen MR) is 77.2 cm³/mol. The van der Waals surface area contributed by atoms with Crippen molar-refractivity contribution in [2.24, 2.45) is 5.92 Å². The maximum atomic E-state index is 12.1. The summed E-state index contributed by atoms with van der Waals surface area (Å²) in [5, 5.41) is 2.70. The van der Waals surface area contributed by atoms with Crippen LogP contribution in [0.3, 0.4) is 0 Å². The van der Waals surface area contributed by atoms with E-state index in [0.717, 1.165) is 31.2 Å². The lowest BCUT2D eigenvalue weighted by Gasteiger charge is -2.20. The predicted octanol–water partition coefficient (Wildman–Crippen LogP) is 1.98. The second-order valence-corrected chi connectivity index (χ2v) is 5.44. The molecule has 1 aliphatic carbocycles. The van der Waals surface area contributed by atoms with Gasteiger partial charge in [-0.15, -0.1) is 0 Å². The first-order chi connectivity index (χ1) is 9.56. The van der Waals surface area contributed by atoms with Crippen molar-refractivity contribution in [3.8, 4) is 0 Å². The molecule has 108 valence electrons. The fourth-order valence-electron chi connectivity index (χ4n) is 2.50. The van der Waals surface area contributed by atoms with Crippen molar-refractivity contribution < 1.29 is 9.59 Å². The van der Waals surface area contributed by atoms with E-state index >= 15 is 0 Å². The molecule has 1 aromatic rings. The molecule has 0 aliphatic heterocycles. The molecule has 0 saturated heterocycles. The number of rotatable bonds is 4. The number of amides is 2. The minimum Gasteiger partial charge on any atom is -0.336 e. The van der Waals surface area contributed by atoms with Gasteiger partial charge in [-0.1, -0.05) is 18.9 Å². The number of carbonyl (C=O) groups excluding carboxylic acids is 2. The number of likely N-dealkylation sites (N-methyl/N-ethyl adjacent to an activating group) is 1. The Bertz CT molecular complexity index is 478. The van der Waals surface area contributed by atoms with Gasteiger partial charge < -0.3 is 10.2 Å². The normalized spacial score (nSPS) is 15.1. The fourth-order valence-corrected chi connectivity index (χ4v) is 2.50. The van der Waals surface area contributed by atoms with E-state index in [9.17, 15) is 9.59 Å². The van der Waals surface area contributed by atoms with Gasteiger partial charge in [0.05, 0.1) is 6.54 Å². The largest absolute Gasteiger partial charge is 0.336 e. The molecule has 0 atom stereocenters. The Balaban J connectivity index is 1.84. The average molecular weight is 275 g/mol. The van der Waals surface area contributed by atoms with E-state index in [-0.39, 0.29) is 24.3 Å². The Morgan fingerprint density at radius 3 is 2.65 bits per heavy atom. The smallest absolute Gasteiger partial charge is 0.245 e. The van der Waals surface area contributed by atoms with Crippen molar-refractivity contribution in [2.45, 2.75) is 32.6 Å². The minimum atomic E-state index is -0.213. The number of aromatic nitrogens is 1. The SMILES string of the molecule is Cc1ccc(NC(=O)CN(C)C(=O)C2CCCC2)nc1. The Hall–Kier alpha value is -1.91. The van der Waals surface area contributed by atoms with Crippen LogP contribution in [0, 0.1) is 12.8 Å². The van der Waals surface area contributed by atoms with Gasteiger partial charge in [0.25, 0.3) is 0 Å². The second-order valence-electron chi connectivity index (χ2n) is 5.44. The maximum Gasteiger partial charge on any atom is 0.245 e. The average Bonchev–Trinajstić information content (AvgIpc) is 2.94. The molecular weight excluding hydrogens is 254 g/mol. The van der Waals surface area contributed by atoms with Crippen molar-refractivity contribution in [2.75, 3.05) is 18.9 Å². The first-order valence-corrected chi connectivity index (χ1v) is 7.04. The summed E-state index contributed by atoms with van der Waals surface area (Å²) in [4.78, 5) is 29.6. The van der Waals surface area contributed by atoms with Gasteiger partial charge in [-0.25, -0.2) is 4.98 Å². The second kappa shape index (κ2) is 6.50. The highest BCUT2D eigenvalue weighted by Crippen LogP contribution is 2.26.